The molecule has 182 valence electrons. The predicted octanol–water partition coefficient (Wildman–Crippen LogP) is 3.83. The highest BCUT2D eigenvalue weighted by molar-refractivity contribution is 7.91. The number of hydrogen-bond acceptors (Lipinski definition) is 7. The molecule has 0 N–H and O–H groups in total. The molecule has 34 heavy (non-hydrogen) atoms. The molecule has 0 aliphatic carbocycles. The Hall–Kier alpha value is -2.33. The van der Waals surface area contributed by atoms with E-state index in [-0.39, 0.29) is 23.0 Å². The summed E-state index contributed by atoms with van der Waals surface area (Å²) in [5, 5.41) is 0.625. The zero-order chi connectivity index (χ0) is 24.1. The molecule has 0 bridgehead atoms. The smallest absolute Gasteiger partial charge is 0.229 e. The number of benzene rings is 2. The fourth-order valence-electron chi connectivity index (χ4n) is 3.96. The summed E-state index contributed by atoms with van der Waals surface area (Å²) in [6.45, 7) is 8.55. The highest BCUT2D eigenvalue weighted by Gasteiger charge is 2.23. The molecular formula is C25H31N3O4S2. The van der Waals surface area contributed by atoms with E-state index in [0.717, 1.165) is 60.6 Å². The lowest BCUT2D eigenvalue weighted by molar-refractivity contribution is -0.118. The summed E-state index contributed by atoms with van der Waals surface area (Å²) in [5.41, 5.74) is 2.98. The molecule has 4 rings (SSSR count). The van der Waals surface area contributed by atoms with Crippen molar-refractivity contribution in [2.45, 2.75) is 31.6 Å². The van der Waals surface area contributed by atoms with Gasteiger partial charge in [-0.25, -0.2) is 13.4 Å². The van der Waals surface area contributed by atoms with Gasteiger partial charge in [-0.2, -0.15) is 0 Å². The molecule has 2 heterocycles. The van der Waals surface area contributed by atoms with Gasteiger partial charge in [-0.05, 0) is 50.1 Å². The molecule has 0 spiro atoms. The van der Waals surface area contributed by atoms with Gasteiger partial charge in [0, 0.05) is 32.6 Å². The summed E-state index contributed by atoms with van der Waals surface area (Å²) in [5.74, 6) is -0.438. The first-order valence-electron chi connectivity index (χ1n) is 11.6. The van der Waals surface area contributed by atoms with Crippen LogP contribution in [0.25, 0.3) is 10.2 Å². The van der Waals surface area contributed by atoms with Crippen LogP contribution in [0.2, 0.25) is 0 Å². The standard InChI is InChI=1S/C25H31N3O4S2/c1-19-4-7-21(8-5-19)34(30,31)17-10-24(29)28(12-3-11-27-13-15-32-16-14-27)25-26-22-9-6-20(2)18-23(22)33-25/h4-9,18H,3,10-17H2,1-2H3. The van der Waals surface area contributed by atoms with Gasteiger partial charge in [0.1, 0.15) is 0 Å². The second kappa shape index (κ2) is 10.9. The third kappa shape index (κ3) is 6.21. The zero-order valence-corrected chi connectivity index (χ0v) is 21.3. The first-order valence-corrected chi connectivity index (χ1v) is 14.1. The summed E-state index contributed by atoms with van der Waals surface area (Å²) >= 11 is 1.48. The molecule has 0 saturated carbocycles. The minimum atomic E-state index is -3.54. The van der Waals surface area contributed by atoms with Crippen LogP contribution < -0.4 is 4.90 Å². The molecule has 1 aliphatic rings. The molecule has 9 heteroatoms. The molecule has 7 nitrogen and oxygen atoms in total. The maximum Gasteiger partial charge on any atom is 0.229 e. The van der Waals surface area contributed by atoms with E-state index >= 15 is 0 Å². The van der Waals surface area contributed by atoms with Crippen molar-refractivity contribution in [3.05, 3.63) is 53.6 Å². The normalized spacial score (nSPS) is 15.0. The van der Waals surface area contributed by atoms with E-state index in [9.17, 15) is 13.2 Å². The van der Waals surface area contributed by atoms with Crippen LogP contribution in [0.3, 0.4) is 0 Å². The predicted molar refractivity (Wildman–Crippen MR) is 136 cm³/mol. The first kappa shape index (κ1) is 24.8. The molecule has 0 radical (unpaired) electrons. The van der Waals surface area contributed by atoms with Crippen molar-refractivity contribution < 1.29 is 17.9 Å². The third-order valence-corrected chi connectivity index (χ3v) is 8.76. The number of fused-ring (bicyclic) bond motifs is 1. The van der Waals surface area contributed by atoms with Gasteiger partial charge < -0.3 is 4.74 Å². The van der Waals surface area contributed by atoms with Crippen molar-refractivity contribution in [3.63, 3.8) is 0 Å². The fraction of sp³-hybridized carbons (Fsp3) is 0.440. The van der Waals surface area contributed by atoms with Crippen LogP contribution in [-0.2, 0) is 19.4 Å². The summed E-state index contributed by atoms with van der Waals surface area (Å²) in [7, 11) is -3.54. The first-order chi connectivity index (χ1) is 16.3. The molecule has 2 aromatic carbocycles. The van der Waals surface area contributed by atoms with Crippen LogP contribution in [0.15, 0.2) is 47.4 Å². The molecule has 1 saturated heterocycles. The summed E-state index contributed by atoms with van der Waals surface area (Å²) < 4.78 is 32.0. The molecule has 0 unspecified atom stereocenters. The molecule has 1 aromatic heterocycles. The average molecular weight is 502 g/mol. The molecule has 3 aromatic rings. The van der Waals surface area contributed by atoms with E-state index < -0.39 is 9.84 Å². The third-order valence-electron chi connectivity index (χ3n) is 5.99. The van der Waals surface area contributed by atoms with E-state index in [1.807, 2.05) is 26.0 Å². The number of amides is 1. The van der Waals surface area contributed by atoms with E-state index in [4.69, 9.17) is 9.72 Å². The minimum absolute atomic E-state index is 0.0806. The number of aryl methyl sites for hydroxylation is 2. The molecule has 1 fully saturated rings. The summed E-state index contributed by atoms with van der Waals surface area (Å²) in [4.78, 5) is 22.2. The quantitative estimate of drug-likeness (QED) is 0.443. The van der Waals surface area contributed by atoms with Gasteiger partial charge in [0.15, 0.2) is 15.0 Å². The van der Waals surface area contributed by atoms with Crippen molar-refractivity contribution in [2.75, 3.05) is 50.0 Å². The Morgan fingerprint density at radius 2 is 1.79 bits per heavy atom. The molecular weight excluding hydrogens is 470 g/mol. The maximum absolute atomic E-state index is 13.3. The van der Waals surface area contributed by atoms with Gasteiger partial charge in [-0.15, -0.1) is 0 Å². The van der Waals surface area contributed by atoms with Crippen LogP contribution in [0, 0.1) is 13.8 Å². The Morgan fingerprint density at radius 3 is 2.53 bits per heavy atom. The van der Waals surface area contributed by atoms with Gasteiger partial charge in [-0.3, -0.25) is 14.6 Å². The average Bonchev–Trinajstić information content (AvgIpc) is 3.24. The van der Waals surface area contributed by atoms with Crippen LogP contribution in [0.5, 0.6) is 0 Å². The fourth-order valence-corrected chi connectivity index (χ4v) is 6.30. The van der Waals surface area contributed by atoms with Crippen molar-refractivity contribution in [1.29, 1.82) is 0 Å². The van der Waals surface area contributed by atoms with Crippen molar-refractivity contribution in [3.8, 4) is 0 Å². The second-order valence-electron chi connectivity index (χ2n) is 8.70. The van der Waals surface area contributed by atoms with Gasteiger partial charge >= 0.3 is 0 Å². The lowest BCUT2D eigenvalue weighted by atomic mass is 10.2. The number of nitrogens with zero attached hydrogens (tertiary/aromatic N) is 3. The highest BCUT2D eigenvalue weighted by atomic mass is 32.2. The SMILES string of the molecule is Cc1ccc(S(=O)(=O)CCC(=O)N(CCCN2CCOCC2)c2nc3ccc(C)cc3s2)cc1. The Labute approximate surface area is 205 Å². The largest absolute Gasteiger partial charge is 0.379 e. The summed E-state index contributed by atoms with van der Waals surface area (Å²) in [6, 6.07) is 12.8. The number of hydrogen-bond donors (Lipinski definition) is 0. The van der Waals surface area contributed by atoms with Crippen LogP contribution in [0.1, 0.15) is 24.0 Å². The van der Waals surface area contributed by atoms with Crippen molar-refractivity contribution in [1.82, 2.24) is 9.88 Å². The van der Waals surface area contributed by atoms with Crippen LogP contribution >= 0.6 is 11.3 Å². The number of rotatable bonds is 9. The number of anilines is 1. The van der Waals surface area contributed by atoms with Gasteiger partial charge in [0.05, 0.1) is 34.1 Å². The van der Waals surface area contributed by atoms with E-state index in [1.54, 1.807) is 29.2 Å². The van der Waals surface area contributed by atoms with Gasteiger partial charge in [-0.1, -0.05) is 35.1 Å². The maximum atomic E-state index is 13.3. The molecule has 1 amide bonds. The highest BCUT2D eigenvalue weighted by Crippen LogP contribution is 2.30. The van der Waals surface area contributed by atoms with Crippen molar-refractivity contribution in [2.24, 2.45) is 0 Å². The van der Waals surface area contributed by atoms with Crippen LogP contribution in [-0.4, -0.2) is 69.4 Å². The van der Waals surface area contributed by atoms with Crippen LogP contribution in [0.4, 0.5) is 5.13 Å². The second-order valence-corrected chi connectivity index (χ2v) is 11.8. The van der Waals surface area contributed by atoms with Crippen molar-refractivity contribution >= 4 is 42.4 Å². The number of carbonyl (C=O) groups is 1. The number of thiazole rings is 1. The van der Waals surface area contributed by atoms with Gasteiger partial charge in [0.25, 0.3) is 0 Å². The Kier molecular flexibility index (Phi) is 7.98. The lowest BCUT2D eigenvalue weighted by Crippen LogP contribution is -2.39. The lowest BCUT2D eigenvalue weighted by Gasteiger charge is -2.27. The number of morpholine rings is 1. The number of ether oxygens (including phenoxy) is 1. The molecule has 0 atom stereocenters. The Morgan fingerprint density at radius 1 is 1.09 bits per heavy atom. The van der Waals surface area contributed by atoms with E-state index in [2.05, 4.69) is 11.0 Å². The Bertz CT molecular complexity index is 1230. The summed E-state index contributed by atoms with van der Waals surface area (Å²) in [6.07, 6.45) is 0.703. The van der Waals surface area contributed by atoms with Gasteiger partial charge in [0.2, 0.25) is 5.91 Å². The minimum Gasteiger partial charge on any atom is -0.379 e. The van der Waals surface area contributed by atoms with E-state index in [1.165, 1.54) is 11.3 Å². The monoisotopic (exact) mass is 501 g/mol. The number of carbonyl (C=O) groups excluding carboxylic acids is 1. The molecule has 1 aliphatic heterocycles. The van der Waals surface area contributed by atoms with E-state index in [0.29, 0.717) is 11.7 Å². The number of aromatic nitrogens is 1. The topological polar surface area (TPSA) is 79.8 Å². The zero-order valence-electron chi connectivity index (χ0n) is 19.7. The Balaban J connectivity index is 1.48. The number of sulfone groups is 1.